The number of nitrogens with zero attached hydrogens (tertiary/aromatic N) is 4. The molecule has 20 heteroatoms. The predicted molar refractivity (Wildman–Crippen MR) is 149 cm³/mol. The van der Waals surface area contributed by atoms with Crippen LogP contribution in [0.2, 0.25) is 0 Å². The van der Waals surface area contributed by atoms with Crippen LogP contribution >= 0.6 is 0 Å². The molecule has 3 aromatic rings. The number of carboxylic acids is 3. The number of hydrogen-bond acceptors (Lipinski definition) is 7. The average molecular weight is 717 g/mol. The molecule has 1 spiro atoms. The molecule has 268 valence electrons. The summed E-state index contributed by atoms with van der Waals surface area (Å²) < 4.78 is 108. The van der Waals surface area contributed by atoms with Crippen molar-refractivity contribution in [1.82, 2.24) is 14.9 Å². The molecule has 4 heterocycles. The van der Waals surface area contributed by atoms with Crippen molar-refractivity contribution in [1.29, 1.82) is 0 Å². The van der Waals surface area contributed by atoms with Gasteiger partial charge in [-0.1, -0.05) is 18.2 Å². The third-order valence-corrected chi connectivity index (χ3v) is 6.68. The molecule has 2 aromatic heterocycles. The van der Waals surface area contributed by atoms with Crippen LogP contribution in [0.25, 0.3) is 0 Å². The zero-order chi connectivity index (χ0) is 37.2. The van der Waals surface area contributed by atoms with Crippen molar-refractivity contribution in [2.45, 2.75) is 43.5 Å². The summed E-state index contributed by atoms with van der Waals surface area (Å²) in [5.74, 6) is -8.45. The van der Waals surface area contributed by atoms with E-state index in [0.29, 0.717) is 0 Å². The summed E-state index contributed by atoms with van der Waals surface area (Å²) in [7, 11) is 0. The molecule has 0 radical (unpaired) electrons. The van der Waals surface area contributed by atoms with E-state index in [-0.39, 0.29) is 11.2 Å². The topological polar surface area (TPSA) is 144 Å². The molecular formula is C29H26F10N4O6. The fourth-order valence-corrected chi connectivity index (χ4v) is 4.68. The van der Waals surface area contributed by atoms with Crippen LogP contribution in [0.15, 0.2) is 67.0 Å². The van der Waals surface area contributed by atoms with Gasteiger partial charge in [0.25, 0.3) is 0 Å². The molecule has 0 amide bonds. The number of anilines is 1. The molecule has 0 bridgehead atoms. The Morgan fingerprint density at radius 2 is 1.20 bits per heavy atom. The van der Waals surface area contributed by atoms with Crippen LogP contribution in [0.1, 0.15) is 23.4 Å². The molecule has 2 aliphatic rings. The molecule has 3 N–H and O–H groups in total. The fourth-order valence-electron chi connectivity index (χ4n) is 4.68. The summed E-state index contributed by atoms with van der Waals surface area (Å²) in [4.78, 5) is 40.9. The number of carbonyl (C=O) groups is 3. The molecule has 0 saturated carbocycles. The lowest BCUT2D eigenvalue weighted by Gasteiger charge is -2.26. The zero-order valence-electron chi connectivity index (χ0n) is 24.7. The number of benzene rings is 1. The number of likely N-dealkylation sites (tertiary alicyclic amines) is 1. The maximum absolute atomic E-state index is 13.2. The van der Waals surface area contributed by atoms with Crippen LogP contribution in [-0.4, -0.2) is 86.3 Å². The quantitative estimate of drug-likeness (QED) is 0.289. The summed E-state index contributed by atoms with van der Waals surface area (Å²) in [5, 5.41) is 21.4. The van der Waals surface area contributed by atoms with E-state index in [2.05, 4.69) is 26.9 Å². The van der Waals surface area contributed by atoms with Gasteiger partial charge >= 0.3 is 36.4 Å². The van der Waals surface area contributed by atoms with Crippen LogP contribution in [0.5, 0.6) is 0 Å². The van der Waals surface area contributed by atoms with Gasteiger partial charge in [-0.2, -0.15) is 39.5 Å². The Labute approximate surface area is 270 Å². The van der Waals surface area contributed by atoms with Crippen LogP contribution in [-0.2, 0) is 32.9 Å². The molecule has 1 saturated heterocycles. The van der Waals surface area contributed by atoms with E-state index in [1.807, 2.05) is 42.7 Å². The van der Waals surface area contributed by atoms with Crippen molar-refractivity contribution in [2.75, 3.05) is 24.5 Å². The minimum atomic E-state index is -5.08. The van der Waals surface area contributed by atoms with Gasteiger partial charge < -0.3 is 20.2 Å². The molecule has 49 heavy (non-hydrogen) atoms. The third kappa shape index (κ3) is 12.5. The van der Waals surface area contributed by atoms with Gasteiger partial charge in [0, 0.05) is 37.4 Å². The Hall–Kier alpha value is -5.01. The monoisotopic (exact) mass is 716 g/mol. The van der Waals surface area contributed by atoms with Crippen molar-refractivity contribution in [2.24, 2.45) is 0 Å². The molecule has 1 aromatic carbocycles. The van der Waals surface area contributed by atoms with E-state index in [0.717, 1.165) is 50.4 Å². The van der Waals surface area contributed by atoms with Gasteiger partial charge in [-0.15, -0.1) is 0 Å². The number of alkyl halides is 9. The van der Waals surface area contributed by atoms with Gasteiger partial charge in [0.15, 0.2) is 0 Å². The Bertz CT molecular complexity index is 1500. The van der Waals surface area contributed by atoms with Crippen molar-refractivity contribution in [3.63, 3.8) is 0 Å². The second-order valence-corrected chi connectivity index (χ2v) is 10.3. The number of pyridine rings is 2. The van der Waals surface area contributed by atoms with E-state index in [1.165, 1.54) is 11.4 Å². The summed E-state index contributed by atoms with van der Waals surface area (Å²) >= 11 is 0. The van der Waals surface area contributed by atoms with Crippen LogP contribution in [0, 0.1) is 5.82 Å². The van der Waals surface area contributed by atoms with Gasteiger partial charge in [-0.25, -0.2) is 18.8 Å². The molecule has 1 fully saturated rings. The molecular weight excluding hydrogens is 690 g/mol. The summed E-state index contributed by atoms with van der Waals surface area (Å²) in [6.45, 7) is 4.64. The van der Waals surface area contributed by atoms with Gasteiger partial charge in [-0.05, 0) is 54.9 Å². The summed E-state index contributed by atoms with van der Waals surface area (Å²) in [6.07, 6.45) is -10.4. The maximum atomic E-state index is 13.2. The van der Waals surface area contributed by atoms with E-state index in [1.54, 1.807) is 12.1 Å². The highest BCUT2D eigenvalue weighted by atomic mass is 19.4. The maximum Gasteiger partial charge on any atom is 0.490 e. The Kier molecular flexibility index (Phi) is 13.4. The number of rotatable bonds is 4. The first-order chi connectivity index (χ1) is 22.5. The molecule has 10 nitrogen and oxygen atoms in total. The Morgan fingerprint density at radius 1 is 0.694 bits per heavy atom. The number of fused-ring (bicyclic) bond motifs is 2. The van der Waals surface area contributed by atoms with Gasteiger partial charge in [0.2, 0.25) is 0 Å². The van der Waals surface area contributed by atoms with Crippen molar-refractivity contribution in [3.05, 3.63) is 89.8 Å². The Balaban J connectivity index is 0.000000325. The highest BCUT2D eigenvalue weighted by Gasteiger charge is 2.48. The highest BCUT2D eigenvalue weighted by Crippen LogP contribution is 2.45. The number of halogens is 10. The van der Waals surface area contributed by atoms with Crippen molar-refractivity contribution < 1.29 is 73.6 Å². The lowest BCUT2D eigenvalue weighted by molar-refractivity contribution is -0.193. The minimum absolute atomic E-state index is 0.0609. The van der Waals surface area contributed by atoms with Gasteiger partial charge in [0.05, 0.1) is 23.6 Å². The number of aliphatic carboxylic acids is 3. The third-order valence-electron chi connectivity index (χ3n) is 6.68. The van der Waals surface area contributed by atoms with Gasteiger partial charge in [0.1, 0.15) is 5.82 Å². The van der Waals surface area contributed by atoms with E-state index < -0.39 is 36.4 Å². The molecule has 5 rings (SSSR count). The SMILES string of the molecule is Fc1ccc(CN2CCC3(C2)CN(Cc2ccccn2)c2cccnc23)cc1.O=C(O)C(F)(F)F.O=C(O)C(F)(F)F.O=C(O)C(F)(F)F. The largest absolute Gasteiger partial charge is 0.490 e. The van der Waals surface area contributed by atoms with Gasteiger partial charge in [-0.3, -0.25) is 14.9 Å². The molecule has 2 aliphatic heterocycles. The summed E-state index contributed by atoms with van der Waals surface area (Å²) in [5.41, 5.74) is 4.74. The predicted octanol–water partition coefficient (Wildman–Crippen LogP) is 5.68. The Morgan fingerprint density at radius 3 is 1.67 bits per heavy atom. The van der Waals surface area contributed by atoms with E-state index in [4.69, 9.17) is 34.7 Å². The van der Waals surface area contributed by atoms with E-state index in [9.17, 15) is 43.9 Å². The number of aromatic nitrogens is 2. The van der Waals surface area contributed by atoms with E-state index >= 15 is 0 Å². The first-order valence-corrected chi connectivity index (χ1v) is 13.5. The lowest BCUT2D eigenvalue weighted by atomic mass is 9.85. The smallest absolute Gasteiger partial charge is 0.475 e. The highest BCUT2D eigenvalue weighted by molar-refractivity contribution is 5.73. The average Bonchev–Trinajstić information content (AvgIpc) is 3.54. The first-order valence-electron chi connectivity index (χ1n) is 13.5. The molecule has 1 atom stereocenters. The number of hydrogen-bond donors (Lipinski definition) is 3. The second-order valence-electron chi connectivity index (χ2n) is 10.3. The first kappa shape index (κ1) is 40.2. The zero-order valence-corrected chi connectivity index (χ0v) is 24.7. The van der Waals surface area contributed by atoms with Crippen molar-refractivity contribution in [3.8, 4) is 0 Å². The van der Waals surface area contributed by atoms with Crippen LogP contribution < -0.4 is 4.90 Å². The van der Waals surface area contributed by atoms with Crippen LogP contribution in [0.3, 0.4) is 0 Å². The fraction of sp³-hybridized carbons (Fsp3) is 0.345. The molecule has 0 aliphatic carbocycles. The summed E-state index contributed by atoms with van der Waals surface area (Å²) in [6, 6.07) is 17.1. The lowest BCUT2D eigenvalue weighted by Crippen LogP contribution is -2.36. The van der Waals surface area contributed by atoms with Crippen molar-refractivity contribution >= 4 is 23.6 Å². The minimum Gasteiger partial charge on any atom is -0.475 e. The number of carboxylic acid groups (broad SMARTS) is 3. The second kappa shape index (κ2) is 16.4. The van der Waals surface area contributed by atoms with Crippen LogP contribution in [0.4, 0.5) is 49.6 Å². The normalized spacial score (nSPS) is 17.1. The molecule has 1 unspecified atom stereocenters. The standard InChI is InChI=1S/C23H23FN4.3C2HF3O2/c24-19-8-6-18(7-9-19)14-27-13-10-23(16-27)17-28(15-20-4-1-2-11-25-20)21-5-3-12-26-22(21)23;3*3-2(4,5)1(6)7/h1-9,11-12H,10,13-17H2;3*(H,6,7).